The summed E-state index contributed by atoms with van der Waals surface area (Å²) in [7, 11) is 0. The van der Waals surface area contributed by atoms with Gasteiger partial charge in [0.15, 0.2) is 0 Å². The van der Waals surface area contributed by atoms with E-state index < -0.39 is 0 Å². The van der Waals surface area contributed by atoms with E-state index in [1.165, 1.54) is 38.1 Å². The van der Waals surface area contributed by atoms with E-state index in [0.29, 0.717) is 16.7 Å². The minimum absolute atomic E-state index is 0.0940. The van der Waals surface area contributed by atoms with Crippen LogP contribution < -0.4 is 5.56 Å². The van der Waals surface area contributed by atoms with Gasteiger partial charge in [-0.25, -0.2) is 14.4 Å². The number of benzene rings is 6. The van der Waals surface area contributed by atoms with Gasteiger partial charge in [-0.1, -0.05) is 66.7 Å². The molecule has 6 heteroatoms. The van der Waals surface area contributed by atoms with Crippen molar-refractivity contribution in [3.8, 4) is 11.1 Å². The summed E-state index contributed by atoms with van der Waals surface area (Å²) in [5.41, 5.74) is 9.70. The van der Waals surface area contributed by atoms with E-state index in [4.69, 9.17) is 9.97 Å². The summed E-state index contributed by atoms with van der Waals surface area (Å²) in [4.78, 5) is 24.4. The lowest BCUT2D eigenvalue weighted by Gasteiger charge is -2.11. The summed E-state index contributed by atoms with van der Waals surface area (Å²) < 4.78 is 6.14. The van der Waals surface area contributed by atoms with Crippen molar-refractivity contribution in [3.63, 3.8) is 0 Å². The van der Waals surface area contributed by atoms with Gasteiger partial charge < -0.3 is 4.40 Å². The summed E-state index contributed by atoms with van der Waals surface area (Å²) in [5, 5.41) is 6.40. The van der Waals surface area contributed by atoms with Crippen LogP contribution in [0.3, 0.4) is 0 Å². The van der Waals surface area contributed by atoms with E-state index >= 15 is 0 Å². The Bertz CT molecular complexity index is 3040. The number of para-hydroxylation sites is 5. The summed E-state index contributed by atoms with van der Waals surface area (Å²) >= 11 is 0. The Morgan fingerprint density at radius 1 is 0.422 bits per heavy atom. The Hall–Kier alpha value is -6.27. The molecule has 0 saturated carbocycles. The molecule has 0 saturated heterocycles. The van der Waals surface area contributed by atoms with E-state index in [0.717, 1.165) is 38.7 Å². The van der Waals surface area contributed by atoms with Crippen molar-refractivity contribution in [1.82, 2.24) is 23.2 Å². The third kappa shape index (κ3) is 2.82. The van der Waals surface area contributed by atoms with E-state index in [1.54, 1.807) is 4.40 Å². The lowest BCUT2D eigenvalue weighted by atomic mass is 9.98. The molecule has 0 unspecified atom stereocenters. The molecule has 45 heavy (non-hydrogen) atoms. The highest BCUT2D eigenvalue weighted by Gasteiger charge is 2.20. The van der Waals surface area contributed by atoms with Gasteiger partial charge in [-0.15, -0.1) is 0 Å². The van der Waals surface area contributed by atoms with Crippen molar-refractivity contribution < 1.29 is 0 Å². The first-order valence-corrected chi connectivity index (χ1v) is 15.1. The van der Waals surface area contributed by atoms with Crippen LogP contribution in [0.2, 0.25) is 0 Å². The number of hydrogen-bond donors (Lipinski definition) is 0. The quantitative estimate of drug-likeness (QED) is 0.145. The molecule has 6 nitrogen and oxygen atoms in total. The second kappa shape index (κ2) is 8.01. The fourth-order valence-electron chi connectivity index (χ4n) is 7.60. The minimum Gasteiger partial charge on any atom is -0.308 e. The number of aromatic nitrogens is 5. The summed E-state index contributed by atoms with van der Waals surface area (Å²) in [6.45, 7) is 0. The van der Waals surface area contributed by atoms with E-state index in [-0.39, 0.29) is 5.56 Å². The molecule has 0 amide bonds. The highest BCUT2D eigenvalue weighted by atomic mass is 16.1. The maximum atomic E-state index is 14.3. The molecule has 0 N–H and O–H groups in total. The number of hydrogen-bond acceptors (Lipinski definition) is 3. The van der Waals surface area contributed by atoms with Crippen LogP contribution in [0.1, 0.15) is 0 Å². The van der Waals surface area contributed by atoms with Gasteiger partial charge in [-0.2, -0.15) is 0 Å². The molecule has 0 radical (unpaired) electrons. The third-order valence-corrected chi connectivity index (χ3v) is 9.54. The zero-order valence-electron chi connectivity index (χ0n) is 23.8. The smallest absolute Gasteiger partial charge is 0.267 e. The zero-order valence-corrected chi connectivity index (χ0v) is 23.8. The molecule has 0 spiro atoms. The average Bonchev–Trinajstić information content (AvgIpc) is 3.75. The molecule has 208 valence electrons. The van der Waals surface area contributed by atoms with E-state index in [1.807, 2.05) is 59.0 Å². The second-order valence-electron chi connectivity index (χ2n) is 11.9. The lowest BCUT2D eigenvalue weighted by molar-refractivity contribution is 1.05. The highest BCUT2D eigenvalue weighted by Crippen LogP contribution is 2.41. The SMILES string of the molecule is O=c1c2ccc(-c3cc4c5ccccc5n5c6ccccc6c(c3)c45)cc2nc2n1c1ccccc1c1nc3ccccc3n12. The van der Waals surface area contributed by atoms with E-state index in [9.17, 15) is 4.79 Å². The summed E-state index contributed by atoms with van der Waals surface area (Å²) in [6, 6.07) is 43.8. The van der Waals surface area contributed by atoms with Crippen LogP contribution in [-0.2, 0) is 0 Å². The van der Waals surface area contributed by atoms with Crippen LogP contribution in [-0.4, -0.2) is 23.2 Å². The molecule has 6 aromatic carbocycles. The van der Waals surface area contributed by atoms with E-state index in [2.05, 4.69) is 77.2 Å². The first-order valence-electron chi connectivity index (χ1n) is 15.1. The normalized spacial score (nSPS) is 12.5. The first-order chi connectivity index (χ1) is 22.2. The Kier molecular flexibility index (Phi) is 4.13. The number of fused-ring (bicyclic) bond motifs is 15. The largest absolute Gasteiger partial charge is 0.308 e. The minimum atomic E-state index is -0.0940. The standard InChI is InChI=1S/C39H21N5O/c45-38-26-18-17-22(23-19-28-24-9-1-5-13-32(24)42-33-14-6-2-10-25(33)29(20-23)36(28)42)21-31(26)41-39-43-35-16-8-4-12-30(35)40-37(43)27-11-3-7-15-34(27)44(38)39/h1-21H. The number of rotatable bonds is 1. The van der Waals surface area contributed by atoms with Crippen LogP contribution in [0.4, 0.5) is 0 Å². The molecule has 0 aliphatic heterocycles. The zero-order chi connectivity index (χ0) is 29.4. The fraction of sp³-hybridized carbons (Fsp3) is 0. The molecule has 11 rings (SSSR count). The highest BCUT2D eigenvalue weighted by molar-refractivity contribution is 6.24. The Labute approximate surface area is 254 Å². The first kappa shape index (κ1) is 23.2. The van der Waals surface area contributed by atoms with Gasteiger partial charge in [0, 0.05) is 26.9 Å². The van der Waals surface area contributed by atoms with Crippen LogP contribution in [0.25, 0.3) is 93.5 Å². The maximum Gasteiger partial charge on any atom is 0.267 e. The predicted octanol–water partition coefficient (Wildman–Crippen LogP) is 8.62. The average molecular weight is 576 g/mol. The van der Waals surface area contributed by atoms with Gasteiger partial charge in [0.25, 0.3) is 5.56 Å². The van der Waals surface area contributed by atoms with Gasteiger partial charge in [0.2, 0.25) is 5.78 Å². The van der Waals surface area contributed by atoms with Crippen molar-refractivity contribution in [3.05, 3.63) is 138 Å². The van der Waals surface area contributed by atoms with Gasteiger partial charge >= 0.3 is 0 Å². The van der Waals surface area contributed by atoms with Crippen LogP contribution >= 0.6 is 0 Å². The lowest BCUT2D eigenvalue weighted by Crippen LogP contribution is -2.18. The molecule has 0 fully saturated rings. The van der Waals surface area contributed by atoms with Gasteiger partial charge in [0.1, 0.15) is 5.65 Å². The van der Waals surface area contributed by atoms with Crippen molar-refractivity contribution in [1.29, 1.82) is 0 Å². The molecule has 0 aliphatic rings. The molecule has 5 aromatic heterocycles. The van der Waals surface area contributed by atoms with Crippen molar-refractivity contribution in [2.24, 2.45) is 0 Å². The van der Waals surface area contributed by atoms with Crippen molar-refractivity contribution in [2.75, 3.05) is 0 Å². The maximum absolute atomic E-state index is 14.3. The Balaban J connectivity index is 1.26. The van der Waals surface area contributed by atoms with Gasteiger partial charge in [-0.3, -0.25) is 9.20 Å². The molecular formula is C39H21N5O. The summed E-state index contributed by atoms with van der Waals surface area (Å²) in [5.74, 6) is 0.554. The van der Waals surface area contributed by atoms with Crippen LogP contribution in [0, 0.1) is 0 Å². The van der Waals surface area contributed by atoms with Crippen LogP contribution in [0.5, 0.6) is 0 Å². The van der Waals surface area contributed by atoms with Crippen molar-refractivity contribution >= 4 is 82.4 Å². The second-order valence-corrected chi connectivity index (χ2v) is 11.9. The predicted molar refractivity (Wildman–Crippen MR) is 183 cm³/mol. The molecular weight excluding hydrogens is 554 g/mol. The number of nitrogens with zero attached hydrogens (tertiary/aromatic N) is 5. The molecule has 0 bridgehead atoms. The van der Waals surface area contributed by atoms with Crippen molar-refractivity contribution in [2.45, 2.75) is 0 Å². The van der Waals surface area contributed by atoms with Crippen LogP contribution in [0.15, 0.2) is 132 Å². The molecule has 0 aliphatic carbocycles. The monoisotopic (exact) mass is 575 g/mol. The fourth-order valence-corrected chi connectivity index (χ4v) is 7.60. The number of imidazole rings is 1. The van der Waals surface area contributed by atoms with Gasteiger partial charge in [0.05, 0.1) is 44.0 Å². The Morgan fingerprint density at radius 2 is 1.02 bits per heavy atom. The molecule has 11 aromatic rings. The molecule has 0 atom stereocenters. The van der Waals surface area contributed by atoms with Gasteiger partial charge in [-0.05, 0) is 71.8 Å². The Morgan fingerprint density at radius 3 is 1.73 bits per heavy atom. The summed E-state index contributed by atoms with van der Waals surface area (Å²) in [6.07, 6.45) is 0. The third-order valence-electron chi connectivity index (χ3n) is 9.54. The molecule has 5 heterocycles. The topological polar surface area (TPSA) is 56.1 Å².